The standard InChI is InChI=1S/C8H13BrN2O2S2/c1-2-6(5-10)11-15(12,13)8-7(9)3-4-14-8/h3-4,6,11H,2,5,10H2,1H3. The minimum absolute atomic E-state index is 0.205. The summed E-state index contributed by atoms with van der Waals surface area (Å²) in [5, 5.41) is 1.72. The molecule has 0 aliphatic heterocycles. The van der Waals surface area contributed by atoms with E-state index < -0.39 is 10.0 Å². The van der Waals surface area contributed by atoms with Crippen LogP contribution in [0.15, 0.2) is 20.1 Å². The molecule has 1 heterocycles. The fourth-order valence-electron chi connectivity index (χ4n) is 1.04. The van der Waals surface area contributed by atoms with Crippen molar-refractivity contribution >= 4 is 37.3 Å². The quantitative estimate of drug-likeness (QED) is 0.866. The Bertz CT molecular complexity index is 412. The van der Waals surface area contributed by atoms with Crippen LogP contribution in [0.3, 0.4) is 0 Å². The van der Waals surface area contributed by atoms with Gasteiger partial charge in [-0.25, -0.2) is 13.1 Å². The first-order chi connectivity index (χ1) is 7.01. The lowest BCUT2D eigenvalue weighted by molar-refractivity contribution is 0.544. The van der Waals surface area contributed by atoms with Crippen LogP contribution >= 0.6 is 27.3 Å². The Morgan fingerprint density at radius 1 is 1.67 bits per heavy atom. The molecule has 1 aromatic rings. The lowest BCUT2D eigenvalue weighted by Gasteiger charge is -2.13. The Hall–Kier alpha value is 0.0500. The summed E-state index contributed by atoms with van der Waals surface area (Å²) in [5.41, 5.74) is 5.45. The van der Waals surface area contributed by atoms with Crippen LogP contribution in [0.4, 0.5) is 0 Å². The maximum Gasteiger partial charge on any atom is 0.251 e. The molecule has 0 fully saturated rings. The molecule has 0 saturated heterocycles. The Balaban J connectivity index is 2.90. The summed E-state index contributed by atoms with van der Waals surface area (Å²) in [6, 6.07) is 1.51. The molecule has 0 aliphatic rings. The first-order valence-corrected chi connectivity index (χ1v) is 7.62. The van der Waals surface area contributed by atoms with Crippen LogP contribution in [0.25, 0.3) is 0 Å². The lowest BCUT2D eigenvalue weighted by atomic mass is 10.2. The van der Waals surface area contributed by atoms with Crippen molar-refractivity contribution in [2.75, 3.05) is 6.54 Å². The van der Waals surface area contributed by atoms with E-state index in [4.69, 9.17) is 5.73 Å². The minimum Gasteiger partial charge on any atom is -0.329 e. The Kier molecular flexibility index (Phi) is 4.72. The zero-order valence-electron chi connectivity index (χ0n) is 8.23. The van der Waals surface area contributed by atoms with E-state index in [9.17, 15) is 8.42 Å². The minimum atomic E-state index is -3.43. The number of halogens is 1. The second-order valence-electron chi connectivity index (χ2n) is 3.02. The van der Waals surface area contributed by atoms with Gasteiger partial charge >= 0.3 is 0 Å². The highest BCUT2D eigenvalue weighted by molar-refractivity contribution is 9.10. The van der Waals surface area contributed by atoms with E-state index in [0.29, 0.717) is 21.6 Å². The molecular formula is C8H13BrN2O2S2. The van der Waals surface area contributed by atoms with Crippen molar-refractivity contribution in [3.05, 3.63) is 15.9 Å². The number of rotatable bonds is 5. The van der Waals surface area contributed by atoms with Crippen molar-refractivity contribution in [1.82, 2.24) is 4.72 Å². The van der Waals surface area contributed by atoms with Crippen LogP contribution in [0, 0.1) is 0 Å². The monoisotopic (exact) mass is 312 g/mol. The fourth-order valence-corrected chi connectivity index (χ4v) is 4.73. The van der Waals surface area contributed by atoms with Crippen molar-refractivity contribution in [2.24, 2.45) is 5.73 Å². The van der Waals surface area contributed by atoms with Gasteiger partial charge in [0.15, 0.2) is 0 Å². The summed E-state index contributed by atoms with van der Waals surface area (Å²) in [7, 11) is -3.43. The number of hydrogen-bond acceptors (Lipinski definition) is 4. The molecule has 0 bridgehead atoms. The predicted molar refractivity (Wildman–Crippen MR) is 65.5 cm³/mol. The molecule has 4 nitrogen and oxygen atoms in total. The molecule has 0 aromatic carbocycles. The average Bonchev–Trinajstić information content (AvgIpc) is 2.61. The first kappa shape index (κ1) is 13.1. The Morgan fingerprint density at radius 2 is 2.33 bits per heavy atom. The summed E-state index contributed by atoms with van der Waals surface area (Å²) in [5.74, 6) is 0. The normalized spacial score (nSPS) is 14.1. The summed E-state index contributed by atoms with van der Waals surface area (Å²) < 4.78 is 27.2. The van der Waals surface area contributed by atoms with Gasteiger partial charge in [-0.1, -0.05) is 6.92 Å². The summed E-state index contributed by atoms with van der Waals surface area (Å²) >= 11 is 4.38. The molecule has 0 aliphatic carbocycles. The summed E-state index contributed by atoms with van der Waals surface area (Å²) in [4.78, 5) is 0. The second kappa shape index (κ2) is 5.40. The second-order valence-corrected chi connectivity index (χ2v) is 6.70. The van der Waals surface area contributed by atoms with Crippen molar-refractivity contribution < 1.29 is 8.42 Å². The van der Waals surface area contributed by atoms with Gasteiger partial charge in [-0.05, 0) is 33.8 Å². The molecule has 7 heteroatoms. The number of nitrogens with one attached hydrogen (secondary N) is 1. The third kappa shape index (κ3) is 3.25. The smallest absolute Gasteiger partial charge is 0.251 e. The van der Waals surface area contributed by atoms with Crippen molar-refractivity contribution in [1.29, 1.82) is 0 Å². The van der Waals surface area contributed by atoms with Gasteiger partial charge in [0.2, 0.25) is 0 Å². The van der Waals surface area contributed by atoms with E-state index in [1.165, 1.54) is 11.3 Å². The van der Waals surface area contributed by atoms with E-state index in [2.05, 4.69) is 20.7 Å². The van der Waals surface area contributed by atoms with Gasteiger partial charge in [0.25, 0.3) is 10.0 Å². The van der Waals surface area contributed by atoms with Gasteiger partial charge in [0.1, 0.15) is 4.21 Å². The number of sulfonamides is 1. The van der Waals surface area contributed by atoms with Crippen LogP contribution in [-0.4, -0.2) is 21.0 Å². The molecule has 3 N–H and O–H groups in total. The van der Waals surface area contributed by atoms with Gasteiger partial charge in [0, 0.05) is 17.1 Å². The zero-order valence-corrected chi connectivity index (χ0v) is 11.5. The van der Waals surface area contributed by atoms with Gasteiger partial charge in [-0.2, -0.15) is 0 Å². The van der Waals surface area contributed by atoms with Crippen LogP contribution in [0.5, 0.6) is 0 Å². The van der Waals surface area contributed by atoms with E-state index in [0.717, 1.165) is 0 Å². The van der Waals surface area contributed by atoms with Crippen molar-refractivity contribution in [3.63, 3.8) is 0 Å². The molecule has 0 saturated carbocycles. The molecule has 15 heavy (non-hydrogen) atoms. The van der Waals surface area contributed by atoms with Crippen LogP contribution < -0.4 is 10.5 Å². The molecule has 86 valence electrons. The molecule has 1 atom stereocenters. The Labute approximate surface area is 102 Å². The maximum atomic E-state index is 11.9. The third-order valence-electron chi connectivity index (χ3n) is 1.93. The highest BCUT2D eigenvalue weighted by Gasteiger charge is 2.21. The van der Waals surface area contributed by atoms with Gasteiger partial charge in [0.05, 0.1) is 0 Å². The summed E-state index contributed by atoms with van der Waals surface area (Å²) in [6.07, 6.45) is 0.679. The van der Waals surface area contributed by atoms with E-state index >= 15 is 0 Å². The zero-order chi connectivity index (χ0) is 11.5. The number of thiophene rings is 1. The molecule has 1 unspecified atom stereocenters. The highest BCUT2D eigenvalue weighted by atomic mass is 79.9. The molecule has 1 aromatic heterocycles. The maximum absolute atomic E-state index is 11.9. The summed E-state index contributed by atoms with van der Waals surface area (Å²) in [6.45, 7) is 2.20. The third-order valence-corrected chi connectivity index (χ3v) is 6.12. The van der Waals surface area contributed by atoms with E-state index in [1.54, 1.807) is 11.4 Å². The van der Waals surface area contributed by atoms with Gasteiger partial charge in [-0.15, -0.1) is 11.3 Å². The van der Waals surface area contributed by atoms with Crippen LogP contribution in [0.2, 0.25) is 0 Å². The molecule has 0 amide bonds. The van der Waals surface area contributed by atoms with Crippen molar-refractivity contribution in [2.45, 2.75) is 23.6 Å². The SMILES string of the molecule is CCC(CN)NS(=O)(=O)c1sccc1Br. The van der Waals surface area contributed by atoms with Gasteiger partial charge < -0.3 is 5.73 Å². The lowest BCUT2D eigenvalue weighted by Crippen LogP contribution is -2.39. The molecule has 0 spiro atoms. The van der Waals surface area contributed by atoms with Crippen LogP contribution in [0.1, 0.15) is 13.3 Å². The first-order valence-electron chi connectivity index (χ1n) is 4.46. The van der Waals surface area contributed by atoms with Gasteiger partial charge in [-0.3, -0.25) is 0 Å². The number of nitrogens with two attached hydrogens (primary N) is 1. The topological polar surface area (TPSA) is 72.2 Å². The number of hydrogen-bond donors (Lipinski definition) is 2. The fraction of sp³-hybridized carbons (Fsp3) is 0.500. The highest BCUT2D eigenvalue weighted by Crippen LogP contribution is 2.27. The van der Waals surface area contributed by atoms with E-state index in [-0.39, 0.29) is 6.04 Å². The predicted octanol–water partition coefficient (Wildman–Crippen LogP) is 1.53. The van der Waals surface area contributed by atoms with E-state index in [1.807, 2.05) is 6.92 Å². The molecule has 0 radical (unpaired) electrons. The Morgan fingerprint density at radius 3 is 2.73 bits per heavy atom. The average molecular weight is 313 g/mol. The van der Waals surface area contributed by atoms with Crippen molar-refractivity contribution in [3.8, 4) is 0 Å². The largest absolute Gasteiger partial charge is 0.329 e. The molecule has 1 rings (SSSR count). The molecular weight excluding hydrogens is 300 g/mol. The van der Waals surface area contributed by atoms with Crippen LogP contribution in [-0.2, 0) is 10.0 Å².